The lowest BCUT2D eigenvalue weighted by Crippen LogP contribution is -2.50. The number of benzene rings is 1. The molecule has 0 saturated carbocycles. The topological polar surface area (TPSA) is 89.5 Å². The molecular formula is C22H21F4N3O4. The van der Waals surface area contributed by atoms with Gasteiger partial charge in [-0.2, -0.15) is 0 Å². The van der Waals surface area contributed by atoms with Crippen molar-refractivity contribution in [3.8, 4) is 0 Å². The molecule has 0 radical (unpaired) electrons. The van der Waals surface area contributed by atoms with E-state index in [1.54, 1.807) is 0 Å². The Kier molecular flexibility index (Phi) is 7.09. The third-order valence-electron chi connectivity index (χ3n) is 5.32. The molecule has 0 bridgehead atoms. The van der Waals surface area contributed by atoms with E-state index in [4.69, 9.17) is 0 Å². The number of halogens is 4. The number of Topliss-reactive ketones (excluding diaryl/α,β-unsaturated/α-hetero) is 1. The highest BCUT2D eigenvalue weighted by Gasteiger charge is 2.48. The number of carbonyl (C=O) groups is 3. The first-order chi connectivity index (χ1) is 15.5. The van der Waals surface area contributed by atoms with Gasteiger partial charge in [0, 0.05) is 25.2 Å². The number of rotatable bonds is 6. The average molecular weight is 467 g/mol. The predicted octanol–water partition coefficient (Wildman–Crippen LogP) is 3.00. The number of likely N-dealkylation sites (tertiary alicyclic amines) is 1. The highest BCUT2D eigenvalue weighted by Crippen LogP contribution is 2.41. The minimum atomic E-state index is -3.49. The van der Waals surface area contributed by atoms with Crippen LogP contribution in [0.5, 0.6) is 0 Å². The number of nitrogens with zero attached hydrogens (tertiary/aromatic N) is 3. The molecule has 1 fully saturated rings. The molecule has 1 unspecified atom stereocenters. The molecule has 2 aromatic rings. The maximum atomic E-state index is 15.2. The van der Waals surface area contributed by atoms with Crippen LogP contribution in [0.15, 0.2) is 24.4 Å². The lowest BCUT2D eigenvalue weighted by Gasteiger charge is -2.38. The summed E-state index contributed by atoms with van der Waals surface area (Å²) in [4.78, 5) is 44.7. The van der Waals surface area contributed by atoms with E-state index in [9.17, 15) is 23.2 Å². The SMILES string of the molecule is CC(=O)OCC(=O)c1cnc(C)nc1C1CCN(C(=O)Cc2c(F)cccc2F)CC1(F)F. The van der Waals surface area contributed by atoms with E-state index < -0.39 is 66.3 Å². The molecule has 1 aromatic carbocycles. The van der Waals surface area contributed by atoms with E-state index in [1.165, 1.54) is 6.92 Å². The molecule has 3 rings (SSSR count). The maximum absolute atomic E-state index is 15.2. The van der Waals surface area contributed by atoms with E-state index in [0.717, 1.165) is 36.2 Å². The van der Waals surface area contributed by atoms with Gasteiger partial charge in [0.1, 0.15) is 17.5 Å². The van der Waals surface area contributed by atoms with Crippen molar-refractivity contribution in [1.82, 2.24) is 14.9 Å². The number of piperidine rings is 1. The van der Waals surface area contributed by atoms with Gasteiger partial charge >= 0.3 is 5.97 Å². The number of alkyl halides is 2. The van der Waals surface area contributed by atoms with E-state index in [-0.39, 0.29) is 30.0 Å². The molecule has 0 N–H and O–H groups in total. The third-order valence-corrected chi connectivity index (χ3v) is 5.32. The summed E-state index contributed by atoms with van der Waals surface area (Å²) in [6, 6.07) is 3.11. The largest absolute Gasteiger partial charge is 0.457 e. The van der Waals surface area contributed by atoms with Gasteiger partial charge in [-0.15, -0.1) is 0 Å². The highest BCUT2D eigenvalue weighted by atomic mass is 19.3. The molecule has 1 amide bonds. The second-order valence-corrected chi connectivity index (χ2v) is 7.71. The van der Waals surface area contributed by atoms with Crippen molar-refractivity contribution >= 4 is 17.7 Å². The third kappa shape index (κ3) is 5.52. The van der Waals surface area contributed by atoms with Gasteiger partial charge in [-0.1, -0.05) is 6.07 Å². The number of aryl methyl sites for hydroxylation is 1. The fourth-order valence-corrected chi connectivity index (χ4v) is 3.67. The van der Waals surface area contributed by atoms with Crippen LogP contribution in [-0.4, -0.2) is 58.1 Å². The zero-order valence-electron chi connectivity index (χ0n) is 17.9. The number of aromatic nitrogens is 2. The zero-order chi connectivity index (χ0) is 24.3. The molecule has 1 atom stereocenters. The first kappa shape index (κ1) is 24.3. The van der Waals surface area contributed by atoms with Crippen LogP contribution in [0.25, 0.3) is 0 Å². The van der Waals surface area contributed by atoms with Gasteiger partial charge in [0.15, 0.2) is 6.61 Å². The summed E-state index contributed by atoms with van der Waals surface area (Å²) in [6.45, 7) is 0.798. The second kappa shape index (κ2) is 9.63. The lowest BCUT2D eigenvalue weighted by atomic mass is 9.86. The van der Waals surface area contributed by atoms with Crippen molar-refractivity contribution < 1.29 is 36.7 Å². The number of ketones is 1. The van der Waals surface area contributed by atoms with Crippen LogP contribution in [0.2, 0.25) is 0 Å². The van der Waals surface area contributed by atoms with Gasteiger partial charge in [-0.05, 0) is 25.5 Å². The summed E-state index contributed by atoms with van der Waals surface area (Å²) in [5.74, 6) is -8.98. The van der Waals surface area contributed by atoms with Crippen molar-refractivity contribution in [3.05, 3.63) is 58.7 Å². The number of hydrogen-bond donors (Lipinski definition) is 0. The smallest absolute Gasteiger partial charge is 0.303 e. The van der Waals surface area contributed by atoms with Crippen LogP contribution >= 0.6 is 0 Å². The Labute approximate surface area is 186 Å². The van der Waals surface area contributed by atoms with Crippen molar-refractivity contribution in [2.75, 3.05) is 19.7 Å². The second-order valence-electron chi connectivity index (χ2n) is 7.71. The first-order valence-electron chi connectivity index (χ1n) is 10.1. The summed E-state index contributed by atoms with van der Waals surface area (Å²) < 4.78 is 62.7. The predicted molar refractivity (Wildman–Crippen MR) is 107 cm³/mol. The number of carbonyl (C=O) groups excluding carboxylic acids is 3. The van der Waals surface area contributed by atoms with E-state index in [0.29, 0.717) is 0 Å². The minimum absolute atomic E-state index is 0.129. The Morgan fingerprint density at radius 1 is 1.21 bits per heavy atom. The monoisotopic (exact) mass is 467 g/mol. The van der Waals surface area contributed by atoms with Crippen molar-refractivity contribution in [3.63, 3.8) is 0 Å². The average Bonchev–Trinajstić information content (AvgIpc) is 2.73. The fourth-order valence-electron chi connectivity index (χ4n) is 3.67. The Morgan fingerprint density at radius 3 is 2.48 bits per heavy atom. The maximum Gasteiger partial charge on any atom is 0.303 e. The molecule has 33 heavy (non-hydrogen) atoms. The number of hydrogen-bond acceptors (Lipinski definition) is 6. The number of ether oxygens (including phenoxy) is 1. The van der Waals surface area contributed by atoms with Crippen LogP contribution in [0.3, 0.4) is 0 Å². The summed E-state index contributed by atoms with van der Waals surface area (Å²) in [5, 5.41) is 0. The Hall–Kier alpha value is -3.37. The van der Waals surface area contributed by atoms with Crippen molar-refractivity contribution in [2.24, 2.45) is 0 Å². The summed E-state index contributed by atoms with van der Waals surface area (Å²) in [7, 11) is 0. The molecule has 1 aliphatic heterocycles. The van der Waals surface area contributed by atoms with E-state index in [1.807, 2.05) is 0 Å². The first-order valence-corrected chi connectivity index (χ1v) is 10.1. The molecule has 1 aliphatic rings. The fraction of sp³-hybridized carbons (Fsp3) is 0.409. The Balaban J connectivity index is 1.81. The molecule has 0 aliphatic carbocycles. The van der Waals surface area contributed by atoms with Crippen LogP contribution in [-0.2, 0) is 20.7 Å². The highest BCUT2D eigenvalue weighted by molar-refractivity contribution is 5.98. The van der Waals surface area contributed by atoms with E-state index >= 15 is 8.78 Å². The molecule has 1 aromatic heterocycles. The van der Waals surface area contributed by atoms with Crippen LogP contribution in [0, 0.1) is 18.6 Å². The van der Waals surface area contributed by atoms with Gasteiger partial charge in [0.05, 0.1) is 30.1 Å². The van der Waals surface area contributed by atoms with Crippen molar-refractivity contribution in [1.29, 1.82) is 0 Å². The number of esters is 1. The summed E-state index contributed by atoms with van der Waals surface area (Å²) in [5.41, 5.74) is -0.880. The molecule has 11 heteroatoms. The molecule has 1 saturated heterocycles. The quantitative estimate of drug-likeness (QED) is 0.369. The minimum Gasteiger partial charge on any atom is -0.457 e. The summed E-state index contributed by atoms with van der Waals surface area (Å²) >= 11 is 0. The van der Waals surface area contributed by atoms with Gasteiger partial charge < -0.3 is 9.64 Å². The van der Waals surface area contributed by atoms with Crippen molar-refractivity contribution in [2.45, 2.75) is 38.5 Å². The van der Waals surface area contributed by atoms with Crippen LogP contribution in [0.1, 0.15) is 46.7 Å². The van der Waals surface area contributed by atoms with Gasteiger partial charge in [-0.3, -0.25) is 14.4 Å². The molecular weight excluding hydrogens is 446 g/mol. The Bertz CT molecular complexity index is 1070. The molecule has 7 nitrogen and oxygen atoms in total. The zero-order valence-corrected chi connectivity index (χ0v) is 17.9. The normalized spacial score (nSPS) is 17.5. The standard InChI is InChI=1S/C22H21F4N3O4/c1-12-27-9-15(19(31)10-33-13(2)30)21(28-12)16-6-7-29(11-22(16,25)26)20(32)8-14-17(23)4-3-5-18(14)24/h3-5,9,16H,6-8,10-11H2,1-2H3. The summed E-state index contributed by atoms with van der Waals surface area (Å²) in [6.07, 6.45) is 0.166. The number of amides is 1. The van der Waals surface area contributed by atoms with Crippen LogP contribution in [0.4, 0.5) is 17.6 Å². The Morgan fingerprint density at radius 2 is 1.88 bits per heavy atom. The van der Waals surface area contributed by atoms with Crippen LogP contribution < -0.4 is 0 Å². The van der Waals surface area contributed by atoms with Gasteiger partial charge in [-0.25, -0.2) is 27.5 Å². The lowest BCUT2D eigenvalue weighted by molar-refractivity contribution is -0.143. The molecule has 176 valence electrons. The van der Waals surface area contributed by atoms with E-state index in [2.05, 4.69) is 14.7 Å². The molecule has 2 heterocycles. The van der Waals surface area contributed by atoms with Gasteiger partial charge in [0.2, 0.25) is 11.7 Å². The van der Waals surface area contributed by atoms with Gasteiger partial charge in [0.25, 0.3) is 5.92 Å². The molecule has 0 spiro atoms.